The van der Waals surface area contributed by atoms with E-state index in [1.807, 2.05) is 0 Å². The van der Waals surface area contributed by atoms with Gasteiger partial charge in [-0.15, -0.1) is 0 Å². The van der Waals surface area contributed by atoms with Gasteiger partial charge in [0.1, 0.15) is 0 Å². The second-order valence-corrected chi connectivity index (χ2v) is 0. The van der Waals surface area contributed by atoms with Gasteiger partial charge in [0.25, 0.3) is 0 Å². The van der Waals surface area contributed by atoms with Crippen LogP contribution in [0.1, 0.15) is 0 Å². The fourth-order valence-corrected chi connectivity index (χ4v) is 0. The topological polar surface area (TPSA) is 0 Å². The van der Waals surface area contributed by atoms with Crippen LogP contribution in [-0.4, -0.2) is 105 Å². The summed E-state index contributed by atoms with van der Waals surface area (Å²) in [4.78, 5) is 0. The zero-order valence-corrected chi connectivity index (χ0v) is 11.6. The van der Waals surface area contributed by atoms with Gasteiger partial charge in [-0.2, -0.15) is 0 Å². The van der Waals surface area contributed by atoms with E-state index >= 15 is 0 Å². The van der Waals surface area contributed by atoms with Gasteiger partial charge in [-0.05, 0) is 0 Å². The van der Waals surface area contributed by atoms with Gasteiger partial charge in [0.2, 0.25) is 0 Å². The molecule has 0 spiro atoms. The van der Waals surface area contributed by atoms with Crippen molar-refractivity contribution in [1.29, 1.82) is 0 Å². The van der Waals surface area contributed by atoms with E-state index in [4.69, 9.17) is 0 Å². The Labute approximate surface area is 126 Å². The minimum Gasteiger partial charge on any atom is -1.00 e. The van der Waals surface area contributed by atoms with E-state index in [2.05, 4.69) is 0 Å². The predicted octanol–water partition coefficient (Wildman–Crippen LogP) is -7.52. The molecule has 0 heterocycles. The molecule has 0 aromatic heterocycles. The van der Waals surface area contributed by atoms with Crippen molar-refractivity contribution in [2.75, 3.05) is 0 Å². The first kappa shape index (κ1) is 50.1. The summed E-state index contributed by atoms with van der Waals surface area (Å²) < 4.78 is 0. The predicted molar refractivity (Wildman–Crippen MR) is 23.0 cm³/mol. The number of halogens is 1. The molecule has 0 aliphatic rings. The molecule has 0 atom stereocenters. The zero-order chi connectivity index (χ0) is 0. The summed E-state index contributed by atoms with van der Waals surface area (Å²) in [6.45, 7) is 0. The van der Waals surface area contributed by atoms with Gasteiger partial charge in [-0.3, -0.25) is 0 Å². The largest absolute Gasteiger partial charge is 1.00 e. The minimum absolute atomic E-state index is 0. The van der Waals surface area contributed by atoms with Crippen LogP contribution in [0.5, 0.6) is 0 Å². The van der Waals surface area contributed by atoms with Crippen LogP contribution in [0.25, 0.3) is 0 Å². The molecular weight excluding hydrogens is 121 g/mol. The molecule has 6 heavy (non-hydrogen) atoms. The first-order chi connectivity index (χ1) is 0. The zero-order valence-electron chi connectivity index (χ0n) is 4.79. The Bertz CT molecular complexity index is 11.5. The quantitative estimate of drug-likeness (QED) is 0.279. The Balaban J connectivity index is 0. The Morgan fingerprint density at radius 1 is 0.667 bits per heavy atom. The maximum Gasteiger partial charge on any atom is 1.00 e. The third kappa shape index (κ3) is 24.4. The van der Waals surface area contributed by atoms with E-state index in [0.717, 1.165) is 0 Å². The van der Waals surface area contributed by atoms with Crippen LogP contribution in [0.3, 0.4) is 0 Å². The average Bonchev–Trinajstić information content (AvgIpc) is 0. The summed E-state index contributed by atoms with van der Waals surface area (Å²) in [6, 6.07) is 0. The monoisotopic (exact) mass is 120 g/mol. The summed E-state index contributed by atoms with van der Waals surface area (Å²) in [6.07, 6.45) is 0. The summed E-state index contributed by atoms with van der Waals surface area (Å²) >= 11 is 0. The Morgan fingerprint density at radius 2 is 0.667 bits per heavy atom. The van der Waals surface area contributed by atoms with E-state index in [1.54, 1.807) is 0 Å². The molecule has 6 heteroatoms. The normalized spacial score (nSPS) is 0. The van der Waals surface area contributed by atoms with Gasteiger partial charge in [-0.25, -0.2) is 0 Å². The van der Waals surface area contributed by atoms with E-state index in [1.165, 1.54) is 0 Å². The minimum atomic E-state index is 0. The van der Waals surface area contributed by atoms with Crippen molar-refractivity contribution in [2.45, 2.75) is 0 Å². The van der Waals surface area contributed by atoms with Crippen molar-refractivity contribution in [3.8, 4) is 0 Å². The van der Waals surface area contributed by atoms with Gasteiger partial charge in [0.05, 0.1) is 0 Å². The fourth-order valence-electron chi connectivity index (χ4n) is 0. The van der Waals surface area contributed by atoms with E-state index in [0.29, 0.717) is 0 Å². The maximum absolute atomic E-state index is 0. The molecule has 0 amide bonds. The molecule has 0 bridgehead atoms. The van der Waals surface area contributed by atoms with Crippen LogP contribution >= 0.6 is 0 Å². The Kier molecular flexibility index (Phi) is 298. The molecule has 0 aliphatic heterocycles. The van der Waals surface area contributed by atoms with E-state index < -0.39 is 0 Å². The van der Waals surface area contributed by atoms with Crippen molar-refractivity contribution >= 4 is 105 Å². The molecule has 0 aromatic carbocycles. The maximum atomic E-state index is 0. The Morgan fingerprint density at radius 3 is 0.667 bits per heavy atom. The van der Waals surface area contributed by atoms with Crippen LogP contribution in [0.2, 0.25) is 0 Å². The van der Waals surface area contributed by atoms with Crippen LogP contribution in [0.15, 0.2) is 0 Å². The summed E-state index contributed by atoms with van der Waals surface area (Å²) in [5.41, 5.74) is 0. The van der Waals surface area contributed by atoms with Crippen molar-refractivity contribution < 1.29 is 23.6 Å². The molecule has 0 N–H and O–H groups in total. The molecule has 0 aromatic rings. The van der Waals surface area contributed by atoms with Gasteiger partial charge in [0.15, 0.2) is 0 Å². The van der Waals surface area contributed by atoms with Crippen molar-refractivity contribution in [3.05, 3.63) is 0 Å². The molecule has 0 unspecified atom stereocenters. The first-order valence-corrected chi connectivity index (χ1v) is 0. The number of hydrogen-bond donors (Lipinski definition) is 0. The molecule has 0 rings (SSSR count). The molecule has 0 aliphatic carbocycles. The fraction of sp³-hybridized carbons (Fsp3) is 0. The van der Waals surface area contributed by atoms with Gasteiger partial charge in [-0.1, -0.05) is 0 Å². The third-order valence-corrected chi connectivity index (χ3v) is 0. The second kappa shape index (κ2) is 35.7. The first-order valence-electron chi connectivity index (χ1n) is 0. The van der Waals surface area contributed by atoms with Gasteiger partial charge < -0.3 is 4.70 Å². The molecule has 0 saturated heterocycles. The Hall–Kier alpha value is 4.06. The SMILES string of the molecule is [F-].[Li+].[Mg].[Mg].[Na].[Na]. The smallest absolute Gasteiger partial charge is 1.00 e. The van der Waals surface area contributed by atoms with Crippen LogP contribution in [0.4, 0.5) is 0 Å². The third-order valence-electron chi connectivity index (χ3n) is 0. The molecule has 6 radical (unpaired) electrons. The molecule has 0 fully saturated rings. The van der Waals surface area contributed by atoms with Crippen LogP contribution in [-0.2, 0) is 0 Å². The standard InChI is InChI=1S/FH.Li.2Mg.2Na/h1H;;;;;/q;+1;;;;/p-1. The summed E-state index contributed by atoms with van der Waals surface area (Å²) in [7, 11) is 0. The van der Waals surface area contributed by atoms with Crippen molar-refractivity contribution in [3.63, 3.8) is 0 Å². The second-order valence-electron chi connectivity index (χ2n) is 0. The number of hydrogen-bond acceptors (Lipinski definition) is 0. The van der Waals surface area contributed by atoms with Crippen molar-refractivity contribution in [2.24, 2.45) is 0 Å². The molecule has 0 saturated carbocycles. The van der Waals surface area contributed by atoms with Gasteiger partial charge >= 0.3 is 18.9 Å². The summed E-state index contributed by atoms with van der Waals surface area (Å²) in [5, 5.41) is 0. The van der Waals surface area contributed by atoms with Crippen LogP contribution in [0, 0.1) is 0 Å². The molecule has 0 nitrogen and oxygen atoms in total. The molecular formula is FLiMg2Na2. The van der Waals surface area contributed by atoms with Crippen LogP contribution < -0.4 is 23.6 Å². The van der Waals surface area contributed by atoms with E-state index in [-0.39, 0.29) is 129 Å². The number of rotatable bonds is 0. The van der Waals surface area contributed by atoms with Crippen molar-refractivity contribution in [1.82, 2.24) is 0 Å². The average molecular weight is 121 g/mol. The summed E-state index contributed by atoms with van der Waals surface area (Å²) in [5.74, 6) is 0. The van der Waals surface area contributed by atoms with Gasteiger partial charge in [0, 0.05) is 105 Å². The molecule has 14 valence electrons. The van der Waals surface area contributed by atoms with E-state index in [9.17, 15) is 0 Å².